The fraction of sp³-hybridized carbons (Fsp3) is 0.857. The van der Waals surface area contributed by atoms with Crippen molar-refractivity contribution in [3.63, 3.8) is 0 Å². The molecule has 16 heavy (non-hydrogen) atoms. The van der Waals surface area contributed by atoms with Crippen LogP contribution in [0.25, 0.3) is 0 Å². The normalized spacial score (nSPS) is 36.9. The second kappa shape index (κ2) is 5.11. The van der Waals surface area contributed by atoms with Crippen LogP contribution in [-0.4, -0.2) is 12.6 Å². The second-order valence-corrected chi connectivity index (χ2v) is 5.66. The molecule has 0 heterocycles. The van der Waals surface area contributed by atoms with Crippen molar-refractivity contribution in [2.24, 2.45) is 17.3 Å². The highest BCUT2D eigenvalue weighted by molar-refractivity contribution is 5.62. The first kappa shape index (κ1) is 11.8. The van der Waals surface area contributed by atoms with Gasteiger partial charge in [0.1, 0.15) is 12.6 Å². The maximum Gasteiger partial charge on any atom is 0.126 e. The second-order valence-electron chi connectivity index (χ2n) is 5.66. The lowest BCUT2D eigenvalue weighted by molar-refractivity contribution is -0.125. The highest BCUT2D eigenvalue weighted by atomic mass is 16.1. The number of hydrogen-bond acceptors (Lipinski definition) is 2. The molecule has 2 saturated carbocycles. The highest BCUT2D eigenvalue weighted by Gasteiger charge is 2.41. The Hall–Kier alpha value is -0.660. The number of carbonyl (C=O) groups is 2. The zero-order chi connectivity index (χ0) is 11.4. The topological polar surface area (TPSA) is 34.1 Å². The van der Waals surface area contributed by atoms with Crippen molar-refractivity contribution in [2.75, 3.05) is 0 Å². The fourth-order valence-corrected chi connectivity index (χ4v) is 3.61. The summed E-state index contributed by atoms with van der Waals surface area (Å²) in [5, 5.41) is 0. The molecule has 2 nitrogen and oxygen atoms in total. The molecule has 2 heteroatoms. The van der Waals surface area contributed by atoms with Crippen molar-refractivity contribution in [1.82, 2.24) is 0 Å². The molecule has 2 fully saturated rings. The minimum atomic E-state index is -0.0695. The van der Waals surface area contributed by atoms with Gasteiger partial charge < -0.3 is 9.59 Å². The molecule has 0 radical (unpaired) electrons. The van der Waals surface area contributed by atoms with Gasteiger partial charge in [-0.15, -0.1) is 0 Å². The lowest BCUT2D eigenvalue weighted by Gasteiger charge is -2.42. The minimum Gasteiger partial charge on any atom is -0.303 e. The quantitative estimate of drug-likeness (QED) is 0.687. The van der Waals surface area contributed by atoms with Gasteiger partial charge in [0.25, 0.3) is 0 Å². The number of aldehydes is 2. The molecular formula is C14H22O2. The molecule has 0 atom stereocenters. The van der Waals surface area contributed by atoms with E-state index in [0.717, 1.165) is 32.0 Å². The largest absolute Gasteiger partial charge is 0.303 e. The molecule has 0 aliphatic heterocycles. The van der Waals surface area contributed by atoms with Crippen LogP contribution in [0.4, 0.5) is 0 Å². The van der Waals surface area contributed by atoms with Crippen molar-refractivity contribution in [3.05, 3.63) is 0 Å². The van der Waals surface area contributed by atoms with Crippen LogP contribution in [0.1, 0.15) is 57.8 Å². The first-order valence-electron chi connectivity index (χ1n) is 6.72. The van der Waals surface area contributed by atoms with Gasteiger partial charge in [-0.3, -0.25) is 0 Å². The van der Waals surface area contributed by atoms with E-state index in [1.54, 1.807) is 0 Å². The Morgan fingerprint density at radius 2 is 1.50 bits per heavy atom. The summed E-state index contributed by atoms with van der Waals surface area (Å²) < 4.78 is 0. The predicted octanol–water partition coefficient (Wildman–Crippen LogP) is 3.14. The van der Waals surface area contributed by atoms with Crippen molar-refractivity contribution in [3.8, 4) is 0 Å². The Kier molecular flexibility index (Phi) is 3.78. The molecule has 0 aromatic carbocycles. The minimum absolute atomic E-state index is 0.0695. The Balaban J connectivity index is 2.02. The number of hydrogen-bond donors (Lipinski definition) is 0. The van der Waals surface area contributed by atoms with E-state index in [0.29, 0.717) is 5.92 Å². The molecule has 0 aromatic rings. The Bertz CT molecular complexity index is 245. The molecule has 90 valence electrons. The average molecular weight is 222 g/mol. The molecule has 2 aliphatic rings. The molecule has 0 spiro atoms. The fourth-order valence-electron chi connectivity index (χ4n) is 3.61. The molecule has 2 rings (SSSR count). The molecule has 0 unspecified atom stereocenters. The lowest BCUT2D eigenvalue weighted by atomic mass is 9.61. The summed E-state index contributed by atoms with van der Waals surface area (Å²) in [6.07, 6.45) is 12.4. The van der Waals surface area contributed by atoms with Crippen LogP contribution in [0.3, 0.4) is 0 Å². The first-order valence-corrected chi connectivity index (χ1v) is 6.72. The van der Waals surface area contributed by atoms with Crippen LogP contribution < -0.4 is 0 Å². The van der Waals surface area contributed by atoms with Crippen LogP contribution in [0.15, 0.2) is 0 Å². The van der Waals surface area contributed by atoms with E-state index in [9.17, 15) is 9.59 Å². The maximum absolute atomic E-state index is 11.5. The van der Waals surface area contributed by atoms with E-state index in [4.69, 9.17) is 0 Å². The van der Waals surface area contributed by atoms with E-state index >= 15 is 0 Å². The van der Waals surface area contributed by atoms with Crippen LogP contribution >= 0.6 is 0 Å². The molecule has 0 bridgehead atoms. The van der Waals surface area contributed by atoms with Gasteiger partial charge in [0, 0.05) is 11.3 Å². The van der Waals surface area contributed by atoms with E-state index in [2.05, 4.69) is 0 Å². The van der Waals surface area contributed by atoms with Gasteiger partial charge >= 0.3 is 0 Å². The molecule has 0 amide bonds. The van der Waals surface area contributed by atoms with E-state index < -0.39 is 0 Å². The summed E-state index contributed by atoms with van der Waals surface area (Å²) in [6, 6.07) is 0. The third kappa shape index (κ3) is 2.21. The van der Waals surface area contributed by atoms with Gasteiger partial charge in [-0.05, 0) is 44.4 Å². The first-order chi connectivity index (χ1) is 7.80. The Labute approximate surface area is 97.8 Å². The molecule has 0 N–H and O–H groups in total. The number of rotatable bonds is 3. The van der Waals surface area contributed by atoms with Gasteiger partial charge in [-0.2, -0.15) is 0 Å². The molecule has 2 aliphatic carbocycles. The van der Waals surface area contributed by atoms with Crippen molar-refractivity contribution in [1.29, 1.82) is 0 Å². The Morgan fingerprint density at radius 3 is 2.00 bits per heavy atom. The summed E-state index contributed by atoms with van der Waals surface area (Å²) in [4.78, 5) is 22.2. The zero-order valence-electron chi connectivity index (χ0n) is 9.99. The highest BCUT2D eigenvalue weighted by Crippen LogP contribution is 2.47. The maximum atomic E-state index is 11.5. The summed E-state index contributed by atoms with van der Waals surface area (Å²) >= 11 is 0. The Morgan fingerprint density at radius 1 is 0.875 bits per heavy atom. The van der Waals surface area contributed by atoms with Crippen molar-refractivity contribution in [2.45, 2.75) is 57.8 Å². The summed E-state index contributed by atoms with van der Waals surface area (Å²) in [5.74, 6) is 0.822. The third-order valence-electron chi connectivity index (χ3n) is 4.81. The smallest absolute Gasteiger partial charge is 0.126 e. The summed E-state index contributed by atoms with van der Waals surface area (Å²) in [6.45, 7) is 0. The van der Waals surface area contributed by atoms with Crippen molar-refractivity contribution >= 4 is 12.6 Å². The summed E-state index contributed by atoms with van der Waals surface area (Å²) in [7, 11) is 0. The van der Waals surface area contributed by atoms with Gasteiger partial charge in [-0.1, -0.05) is 19.3 Å². The van der Waals surface area contributed by atoms with Gasteiger partial charge in [0.2, 0.25) is 0 Å². The van der Waals surface area contributed by atoms with Crippen LogP contribution in [0, 0.1) is 17.3 Å². The zero-order valence-corrected chi connectivity index (χ0v) is 9.99. The predicted molar refractivity (Wildman–Crippen MR) is 63.1 cm³/mol. The molecule has 0 aromatic heterocycles. The van der Waals surface area contributed by atoms with Crippen LogP contribution in [-0.2, 0) is 9.59 Å². The van der Waals surface area contributed by atoms with Crippen LogP contribution in [0.2, 0.25) is 0 Å². The summed E-state index contributed by atoms with van der Waals surface area (Å²) in [5.41, 5.74) is -0.0695. The van der Waals surface area contributed by atoms with Gasteiger partial charge in [-0.25, -0.2) is 0 Å². The molecular weight excluding hydrogens is 200 g/mol. The van der Waals surface area contributed by atoms with E-state index in [1.165, 1.54) is 38.4 Å². The van der Waals surface area contributed by atoms with E-state index in [1.807, 2.05) is 0 Å². The van der Waals surface area contributed by atoms with E-state index in [-0.39, 0.29) is 11.3 Å². The third-order valence-corrected chi connectivity index (χ3v) is 4.81. The lowest BCUT2D eigenvalue weighted by Crippen LogP contribution is -2.37. The SMILES string of the molecule is O=CC1CCC(C=O)(C2CCCCC2)CC1. The molecule has 0 saturated heterocycles. The van der Waals surface area contributed by atoms with Gasteiger partial charge in [0.15, 0.2) is 0 Å². The monoisotopic (exact) mass is 222 g/mol. The van der Waals surface area contributed by atoms with Crippen LogP contribution in [0.5, 0.6) is 0 Å². The number of carbonyl (C=O) groups excluding carboxylic acids is 2. The van der Waals surface area contributed by atoms with Crippen molar-refractivity contribution < 1.29 is 9.59 Å². The average Bonchev–Trinajstić information content (AvgIpc) is 2.40. The standard InChI is InChI=1S/C14H22O2/c15-10-12-6-8-14(11-16,9-7-12)13-4-2-1-3-5-13/h10-13H,1-9H2. The van der Waals surface area contributed by atoms with Gasteiger partial charge in [0.05, 0.1) is 0 Å².